The first-order valence-electron chi connectivity index (χ1n) is 27.7. The summed E-state index contributed by atoms with van der Waals surface area (Å²) in [5.41, 5.74) is 4.73. The van der Waals surface area contributed by atoms with E-state index in [1.165, 1.54) is 0 Å². The molecule has 65 heavy (non-hydrogen) atoms. The second kappa shape index (κ2) is 17.3. The minimum Gasteiger partial charge on any atom is -0.507 e. The fourth-order valence-corrected chi connectivity index (χ4v) is 7.97. The number of phenols is 1. The van der Waals surface area contributed by atoms with Crippen molar-refractivity contribution in [2.45, 2.75) is 118 Å². The summed E-state index contributed by atoms with van der Waals surface area (Å²) in [5.74, 6) is 0.591. The molecule has 8 rings (SSSR count). The molecule has 2 aromatic heterocycles. The molecule has 0 amide bonds. The van der Waals surface area contributed by atoms with Crippen molar-refractivity contribution in [3.8, 4) is 67.5 Å². The van der Waals surface area contributed by atoms with Gasteiger partial charge in [0.25, 0.3) is 0 Å². The molecule has 0 aliphatic rings. The van der Waals surface area contributed by atoms with Gasteiger partial charge in [0.2, 0.25) is 0 Å². The molecular formula is C60H64N3OPt-. The molecular weight excluding hydrogens is 974 g/mol. The van der Waals surface area contributed by atoms with Gasteiger partial charge in [-0.05, 0) is 105 Å². The summed E-state index contributed by atoms with van der Waals surface area (Å²) >= 11 is 0. The zero-order valence-electron chi connectivity index (χ0n) is 51.3. The van der Waals surface area contributed by atoms with Crippen LogP contribution in [0.3, 0.4) is 0 Å². The van der Waals surface area contributed by atoms with Gasteiger partial charge >= 0.3 is 0 Å². The Kier molecular flexibility index (Phi) is 9.03. The molecule has 2 heterocycles. The predicted molar refractivity (Wildman–Crippen MR) is 271 cm³/mol. The SMILES string of the molecule is [2H]c1nc(-c2[c-]c(-c3cccc4c3nc(-c3cc(C(C)(C)C)cc(C(C)(C)C)c3O)n4-c3ccc(C(C)(C)C)cc3-c3ccccc3)cc(C(C)(C)C)c2)c([2H])c(-c2c([2H])c([2H])c(C([2H])([2H])[2H])c(C([2H])([2H])[2H])c2[2H])c1[2H].[Pt]. The third-order valence-corrected chi connectivity index (χ3v) is 11.8. The molecule has 5 heteroatoms. The zero-order valence-corrected chi connectivity index (χ0v) is 41.5. The van der Waals surface area contributed by atoms with Crippen molar-refractivity contribution in [2.24, 2.45) is 0 Å². The first kappa shape index (κ1) is 33.8. The summed E-state index contributed by atoms with van der Waals surface area (Å²) in [5, 5.41) is 12.6. The Hall–Kier alpha value is -5.57. The Bertz CT molecular complexity index is 3630. The second-order valence-corrected chi connectivity index (χ2v) is 20.9. The van der Waals surface area contributed by atoms with Gasteiger partial charge in [0.15, 0.2) is 0 Å². The van der Waals surface area contributed by atoms with E-state index < -0.39 is 83.2 Å². The van der Waals surface area contributed by atoms with Gasteiger partial charge in [-0.25, -0.2) is 4.98 Å². The quantitative estimate of drug-likeness (QED) is 0.169. The Balaban J connectivity index is 0.00000861. The molecule has 0 saturated carbocycles. The molecule has 0 atom stereocenters. The third kappa shape index (κ3) is 9.43. The number of phenolic OH excluding ortho intramolecular Hbond substituents is 1. The monoisotopic (exact) mass is 1050 g/mol. The molecule has 0 fully saturated rings. The molecule has 8 aromatic rings. The minimum absolute atomic E-state index is 0. The van der Waals surface area contributed by atoms with Gasteiger partial charge in [-0.2, -0.15) is 0 Å². The smallest absolute Gasteiger partial charge is 0.148 e. The number of nitrogens with zero attached hydrogens (tertiary/aromatic N) is 3. The largest absolute Gasteiger partial charge is 0.507 e. The van der Waals surface area contributed by atoms with E-state index in [-0.39, 0.29) is 48.9 Å². The Labute approximate surface area is 419 Å². The van der Waals surface area contributed by atoms with Crippen molar-refractivity contribution >= 4 is 11.0 Å². The molecule has 0 spiro atoms. The van der Waals surface area contributed by atoms with Crippen LogP contribution in [-0.4, -0.2) is 19.6 Å². The van der Waals surface area contributed by atoms with E-state index in [0.717, 1.165) is 39.1 Å². The summed E-state index contributed by atoms with van der Waals surface area (Å²) in [6.07, 6.45) is -0.665. The van der Waals surface area contributed by atoms with E-state index in [2.05, 4.69) is 114 Å². The number of aromatic hydroxyl groups is 1. The summed E-state index contributed by atoms with van der Waals surface area (Å²) in [4.78, 5) is 9.98. The average Bonchev–Trinajstić information content (AvgIpc) is 3.70. The zero-order chi connectivity index (χ0) is 56.3. The number of fused-ring (bicyclic) bond motifs is 1. The van der Waals surface area contributed by atoms with Crippen LogP contribution in [0.4, 0.5) is 0 Å². The maximum atomic E-state index is 12.6. The van der Waals surface area contributed by atoms with Gasteiger partial charge in [-0.15, -0.1) is 29.3 Å². The van der Waals surface area contributed by atoms with E-state index in [1.54, 1.807) is 6.07 Å². The van der Waals surface area contributed by atoms with Crippen molar-refractivity contribution in [3.05, 3.63) is 167 Å². The second-order valence-electron chi connectivity index (χ2n) is 20.9. The van der Waals surface area contributed by atoms with Gasteiger partial charge < -0.3 is 5.11 Å². The standard InChI is InChI=1S/C60H64N3O.Pt/c1-37-23-24-40(29-38(37)2)41-27-28-61-51(33-41)43-30-42(31-45(32-43)58(6,7)8)47-21-18-22-53-54(47)62-56(49-35-46(59(9,10)11)36-50(55(49)64)60(12,13)14)63(53)52-26-25-44(57(3,4)5)34-48(52)39-19-16-15-17-20-39;/h15-29,31-36,64H,1-14H3;/q-1;/i1D3,2D3,23D,24D,27D,28D,29D,33D;. The first-order valence-corrected chi connectivity index (χ1v) is 21.7. The maximum Gasteiger partial charge on any atom is 0.148 e. The number of hydrogen-bond acceptors (Lipinski definition) is 3. The number of aromatic nitrogens is 3. The van der Waals surface area contributed by atoms with E-state index in [1.807, 2.05) is 69.3 Å². The molecule has 336 valence electrons. The van der Waals surface area contributed by atoms with E-state index >= 15 is 0 Å². The van der Waals surface area contributed by atoms with Crippen LogP contribution >= 0.6 is 0 Å². The third-order valence-electron chi connectivity index (χ3n) is 11.8. The summed E-state index contributed by atoms with van der Waals surface area (Å²) < 4.78 is 106. The fraction of sp³-hybridized carbons (Fsp3) is 0.300. The Morgan fingerprint density at radius 2 is 1.23 bits per heavy atom. The van der Waals surface area contributed by atoms with Crippen LogP contribution in [0.2, 0.25) is 0 Å². The number of benzene rings is 6. The van der Waals surface area contributed by atoms with Crippen LogP contribution in [0.15, 0.2) is 127 Å². The van der Waals surface area contributed by atoms with Crippen LogP contribution in [0.1, 0.15) is 133 Å². The molecule has 4 nitrogen and oxygen atoms in total. The molecule has 0 bridgehead atoms. The number of para-hydroxylation sites is 1. The topological polar surface area (TPSA) is 50.9 Å². The molecule has 6 aromatic carbocycles. The number of hydrogen-bond donors (Lipinski definition) is 1. The number of imidazole rings is 1. The van der Waals surface area contributed by atoms with Crippen LogP contribution in [0.25, 0.3) is 72.7 Å². The van der Waals surface area contributed by atoms with Crippen molar-refractivity contribution in [1.29, 1.82) is 0 Å². The van der Waals surface area contributed by atoms with Gasteiger partial charge in [0.1, 0.15) is 11.6 Å². The number of rotatable bonds is 6. The van der Waals surface area contributed by atoms with Crippen LogP contribution < -0.4 is 0 Å². The minimum atomic E-state index is -3.23. The maximum absolute atomic E-state index is 12.6. The van der Waals surface area contributed by atoms with Crippen LogP contribution in [0.5, 0.6) is 5.75 Å². The van der Waals surface area contributed by atoms with E-state index in [0.29, 0.717) is 33.5 Å². The van der Waals surface area contributed by atoms with E-state index in [9.17, 15) is 6.48 Å². The van der Waals surface area contributed by atoms with Crippen LogP contribution in [-0.2, 0) is 42.7 Å². The van der Waals surface area contributed by atoms with Crippen molar-refractivity contribution < 1.29 is 42.6 Å². The molecule has 1 N–H and O–H groups in total. The predicted octanol–water partition coefficient (Wildman–Crippen LogP) is 16.1. The van der Waals surface area contributed by atoms with Crippen molar-refractivity contribution in [2.75, 3.05) is 0 Å². The van der Waals surface area contributed by atoms with Crippen molar-refractivity contribution in [3.63, 3.8) is 0 Å². The first-order chi connectivity index (χ1) is 34.9. The Morgan fingerprint density at radius 3 is 1.89 bits per heavy atom. The summed E-state index contributed by atoms with van der Waals surface area (Å²) in [7, 11) is 0. The fourth-order valence-electron chi connectivity index (χ4n) is 7.97. The van der Waals surface area contributed by atoms with Gasteiger partial charge in [-0.3, -0.25) is 9.55 Å². The Morgan fingerprint density at radius 1 is 0.585 bits per heavy atom. The molecule has 0 aliphatic carbocycles. The van der Waals surface area contributed by atoms with E-state index in [4.69, 9.17) is 20.1 Å². The molecule has 0 aliphatic heterocycles. The van der Waals surface area contributed by atoms with Crippen LogP contribution in [0, 0.1) is 19.8 Å². The molecule has 0 saturated heterocycles. The summed E-state index contributed by atoms with van der Waals surface area (Å²) in [6.45, 7) is 18.8. The number of pyridine rings is 1. The molecule has 0 unspecified atom stereocenters. The van der Waals surface area contributed by atoms with Gasteiger partial charge in [0, 0.05) is 52.3 Å². The van der Waals surface area contributed by atoms with Gasteiger partial charge in [-0.1, -0.05) is 173 Å². The van der Waals surface area contributed by atoms with Crippen molar-refractivity contribution in [1.82, 2.24) is 14.5 Å². The van der Waals surface area contributed by atoms with Gasteiger partial charge in [0.05, 0.1) is 30.5 Å². The normalized spacial score (nSPS) is 15.4. The average molecular weight is 1050 g/mol. The molecule has 0 radical (unpaired) electrons. The summed E-state index contributed by atoms with van der Waals surface area (Å²) in [6, 6.07) is 29.7.